The molecule has 3 rings (SSSR count). The fraction of sp³-hybridized carbons (Fsp3) is 0.647. The third-order valence-electron chi connectivity index (χ3n) is 5.28. The highest BCUT2D eigenvalue weighted by molar-refractivity contribution is 5.91. The monoisotopic (exact) mass is 286 g/mol. The molecule has 2 N–H and O–H groups in total. The van der Waals surface area contributed by atoms with Gasteiger partial charge >= 0.3 is 0 Å². The van der Waals surface area contributed by atoms with Crippen molar-refractivity contribution < 1.29 is 0 Å². The van der Waals surface area contributed by atoms with E-state index in [1.54, 1.807) is 0 Å². The second-order valence-electron chi connectivity index (χ2n) is 6.57. The molecule has 1 fully saturated rings. The van der Waals surface area contributed by atoms with Gasteiger partial charge < -0.3 is 10.3 Å². The van der Waals surface area contributed by atoms with Gasteiger partial charge in [-0.15, -0.1) is 0 Å². The molecule has 1 saturated carbocycles. The molecule has 4 heteroatoms. The number of rotatable bonds is 2. The van der Waals surface area contributed by atoms with E-state index in [-0.39, 0.29) is 0 Å². The normalized spacial score (nSPS) is 18.3. The summed E-state index contributed by atoms with van der Waals surface area (Å²) >= 11 is 0. The second-order valence-corrected chi connectivity index (χ2v) is 6.57. The predicted octanol–water partition coefficient (Wildman–Crippen LogP) is 4.08. The predicted molar refractivity (Wildman–Crippen MR) is 87.4 cm³/mol. The molecule has 0 amide bonds. The first-order valence-corrected chi connectivity index (χ1v) is 8.12. The van der Waals surface area contributed by atoms with Crippen LogP contribution in [0.1, 0.15) is 62.2 Å². The van der Waals surface area contributed by atoms with Gasteiger partial charge in [0.2, 0.25) is 0 Å². The number of aryl methyl sites for hydroxylation is 2. The third kappa shape index (κ3) is 2.30. The Hall–Kier alpha value is -1.58. The van der Waals surface area contributed by atoms with Gasteiger partial charge in [0.15, 0.2) is 0 Å². The Balaban J connectivity index is 2.15. The van der Waals surface area contributed by atoms with E-state index in [0.29, 0.717) is 11.9 Å². The lowest BCUT2D eigenvalue weighted by molar-refractivity contribution is 0.265. The van der Waals surface area contributed by atoms with Gasteiger partial charge in [-0.25, -0.2) is 9.97 Å². The van der Waals surface area contributed by atoms with Crippen LogP contribution >= 0.6 is 0 Å². The molecule has 0 radical (unpaired) electrons. The van der Waals surface area contributed by atoms with E-state index in [2.05, 4.69) is 30.3 Å². The first kappa shape index (κ1) is 14.4. The van der Waals surface area contributed by atoms with Crippen LogP contribution in [0.25, 0.3) is 11.0 Å². The van der Waals surface area contributed by atoms with Gasteiger partial charge in [-0.1, -0.05) is 19.3 Å². The smallest absolute Gasteiger partial charge is 0.146 e. The van der Waals surface area contributed by atoms with Crippen molar-refractivity contribution in [2.24, 2.45) is 5.92 Å². The fourth-order valence-electron chi connectivity index (χ4n) is 3.96. The Morgan fingerprint density at radius 1 is 1.10 bits per heavy atom. The van der Waals surface area contributed by atoms with Gasteiger partial charge in [-0.2, -0.15) is 0 Å². The summed E-state index contributed by atoms with van der Waals surface area (Å²) in [6, 6.07) is 0.482. The maximum Gasteiger partial charge on any atom is 0.146 e. The zero-order valence-corrected chi connectivity index (χ0v) is 13.6. The van der Waals surface area contributed by atoms with Gasteiger partial charge in [0.05, 0.1) is 5.39 Å². The van der Waals surface area contributed by atoms with E-state index in [0.717, 1.165) is 22.8 Å². The molecule has 1 aliphatic rings. The number of aromatic nitrogens is 3. The summed E-state index contributed by atoms with van der Waals surface area (Å²) in [6.07, 6.45) is 6.78. The van der Waals surface area contributed by atoms with E-state index in [1.807, 2.05) is 6.92 Å². The number of nitrogen functional groups attached to an aromatic ring is 1. The molecule has 0 aromatic carbocycles. The summed E-state index contributed by atoms with van der Waals surface area (Å²) in [7, 11) is 0. The second kappa shape index (κ2) is 5.32. The minimum absolute atomic E-state index is 0.482. The SMILES string of the molecule is Cc1nc(N)c2c(C)c(C)n(C(C)C3CCCCC3)c2n1. The molecule has 1 atom stereocenters. The Morgan fingerprint density at radius 2 is 1.76 bits per heavy atom. The lowest BCUT2D eigenvalue weighted by Crippen LogP contribution is -2.20. The highest BCUT2D eigenvalue weighted by Gasteiger charge is 2.26. The molecular formula is C17H26N4. The van der Waals surface area contributed by atoms with Crippen LogP contribution in [0, 0.1) is 26.7 Å². The summed E-state index contributed by atoms with van der Waals surface area (Å²) in [5.74, 6) is 2.13. The van der Waals surface area contributed by atoms with Crippen LogP contribution in [0.5, 0.6) is 0 Å². The summed E-state index contributed by atoms with van der Waals surface area (Å²) in [6.45, 7) is 8.58. The zero-order valence-electron chi connectivity index (χ0n) is 13.6. The van der Waals surface area contributed by atoms with Crippen molar-refractivity contribution in [3.8, 4) is 0 Å². The van der Waals surface area contributed by atoms with E-state index in [9.17, 15) is 0 Å². The van der Waals surface area contributed by atoms with Gasteiger partial charge in [0.25, 0.3) is 0 Å². The molecule has 0 saturated heterocycles. The van der Waals surface area contributed by atoms with Crippen molar-refractivity contribution in [1.29, 1.82) is 0 Å². The van der Waals surface area contributed by atoms with Gasteiger partial charge in [-0.05, 0) is 52.0 Å². The quantitative estimate of drug-likeness (QED) is 0.905. The van der Waals surface area contributed by atoms with Crippen LogP contribution in [0.15, 0.2) is 0 Å². The van der Waals surface area contributed by atoms with Crippen LogP contribution in [0.4, 0.5) is 5.82 Å². The molecule has 1 unspecified atom stereocenters. The average Bonchev–Trinajstić information content (AvgIpc) is 2.71. The van der Waals surface area contributed by atoms with Crippen molar-refractivity contribution in [2.75, 3.05) is 5.73 Å². The largest absolute Gasteiger partial charge is 0.383 e. The molecule has 0 spiro atoms. The summed E-state index contributed by atoms with van der Waals surface area (Å²) < 4.78 is 2.41. The van der Waals surface area contributed by atoms with Crippen LogP contribution in [-0.4, -0.2) is 14.5 Å². The molecule has 114 valence electrons. The molecule has 2 aromatic rings. The molecule has 4 nitrogen and oxygen atoms in total. The van der Waals surface area contributed by atoms with Crippen LogP contribution < -0.4 is 5.73 Å². The van der Waals surface area contributed by atoms with Gasteiger partial charge in [-0.3, -0.25) is 0 Å². The minimum atomic E-state index is 0.482. The van der Waals surface area contributed by atoms with Crippen molar-refractivity contribution in [1.82, 2.24) is 14.5 Å². The summed E-state index contributed by atoms with van der Waals surface area (Å²) in [5.41, 5.74) is 9.69. The maximum atomic E-state index is 6.15. The number of nitrogens with zero attached hydrogens (tertiary/aromatic N) is 3. The van der Waals surface area contributed by atoms with E-state index in [1.165, 1.54) is 43.4 Å². The van der Waals surface area contributed by atoms with Crippen molar-refractivity contribution in [2.45, 2.75) is 65.8 Å². The first-order valence-electron chi connectivity index (χ1n) is 8.12. The lowest BCUT2D eigenvalue weighted by atomic mass is 9.84. The number of anilines is 1. The Kier molecular flexibility index (Phi) is 3.64. The lowest BCUT2D eigenvalue weighted by Gasteiger charge is -2.30. The Labute approximate surface area is 126 Å². The van der Waals surface area contributed by atoms with Crippen molar-refractivity contribution in [3.63, 3.8) is 0 Å². The van der Waals surface area contributed by atoms with Crippen LogP contribution in [0.2, 0.25) is 0 Å². The minimum Gasteiger partial charge on any atom is -0.383 e. The fourth-order valence-corrected chi connectivity index (χ4v) is 3.96. The molecule has 2 aromatic heterocycles. The van der Waals surface area contributed by atoms with E-state index < -0.39 is 0 Å². The van der Waals surface area contributed by atoms with Gasteiger partial charge in [0, 0.05) is 11.7 Å². The zero-order chi connectivity index (χ0) is 15.1. The van der Waals surface area contributed by atoms with Crippen molar-refractivity contribution in [3.05, 3.63) is 17.1 Å². The first-order chi connectivity index (χ1) is 10.0. The highest BCUT2D eigenvalue weighted by atomic mass is 15.1. The Bertz CT molecular complexity index is 665. The van der Waals surface area contributed by atoms with Crippen LogP contribution in [0.3, 0.4) is 0 Å². The number of hydrogen-bond acceptors (Lipinski definition) is 3. The molecule has 0 bridgehead atoms. The number of fused-ring (bicyclic) bond motifs is 1. The summed E-state index contributed by atoms with van der Waals surface area (Å²) in [5, 5.41) is 1.04. The Morgan fingerprint density at radius 3 is 2.43 bits per heavy atom. The average molecular weight is 286 g/mol. The number of hydrogen-bond donors (Lipinski definition) is 1. The highest BCUT2D eigenvalue weighted by Crippen LogP contribution is 2.37. The molecule has 0 aliphatic heterocycles. The molecule has 1 aliphatic carbocycles. The molecule has 21 heavy (non-hydrogen) atoms. The third-order valence-corrected chi connectivity index (χ3v) is 5.28. The van der Waals surface area contributed by atoms with Gasteiger partial charge in [0.1, 0.15) is 17.3 Å². The molecule has 2 heterocycles. The topological polar surface area (TPSA) is 56.7 Å². The molecular weight excluding hydrogens is 260 g/mol. The van der Waals surface area contributed by atoms with Crippen LogP contribution in [-0.2, 0) is 0 Å². The number of nitrogens with two attached hydrogens (primary N) is 1. The maximum absolute atomic E-state index is 6.15. The van der Waals surface area contributed by atoms with E-state index >= 15 is 0 Å². The standard InChI is InChI=1S/C17H26N4/c1-10-11(2)21(12(3)14-8-6-5-7-9-14)17-15(10)16(18)19-13(4)20-17/h12,14H,5-9H2,1-4H3,(H2,18,19,20). The van der Waals surface area contributed by atoms with Crippen molar-refractivity contribution >= 4 is 16.9 Å². The summed E-state index contributed by atoms with van der Waals surface area (Å²) in [4.78, 5) is 9.05. The van der Waals surface area contributed by atoms with E-state index in [4.69, 9.17) is 10.7 Å².